The molecular formula is C16H21NO2. The van der Waals surface area contributed by atoms with Crippen molar-refractivity contribution in [2.75, 3.05) is 7.11 Å². The van der Waals surface area contributed by atoms with Gasteiger partial charge in [-0.1, -0.05) is 12.8 Å². The minimum atomic E-state index is -0.354. The summed E-state index contributed by atoms with van der Waals surface area (Å²) in [4.78, 5) is 15.1. The molecule has 0 aliphatic heterocycles. The highest BCUT2D eigenvalue weighted by Gasteiger charge is 2.38. The van der Waals surface area contributed by atoms with Crippen LogP contribution < -0.4 is 4.74 Å². The molecule has 0 saturated heterocycles. The molecule has 1 aliphatic rings. The van der Waals surface area contributed by atoms with Gasteiger partial charge in [-0.2, -0.15) is 4.99 Å². The Balaban J connectivity index is 2.67. The lowest BCUT2D eigenvalue weighted by molar-refractivity contribution is 0.407. The van der Waals surface area contributed by atoms with Gasteiger partial charge >= 0.3 is 0 Å². The number of isocyanates is 1. The maximum atomic E-state index is 10.9. The molecule has 102 valence electrons. The lowest BCUT2D eigenvalue weighted by atomic mass is 9.81. The molecule has 19 heavy (non-hydrogen) atoms. The van der Waals surface area contributed by atoms with E-state index in [0.29, 0.717) is 0 Å². The topological polar surface area (TPSA) is 38.7 Å². The third-order valence-corrected chi connectivity index (χ3v) is 4.42. The average Bonchev–Trinajstić information content (AvgIpc) is 2.83. The van der Waals surface area contributed by atoms with Gasteiger partial charge in [0.15, 0.2) is 0 Å². The van der Waals surface area contributed by atoms with Crippen LogP contribution in [0.1, 0.15) is 47.9 Å². The first-order valence-electron chi connectivity index (χ1n) is 6.80. The Morgan fingerprint density at radius 3 is 2.37 bits per heavy atom. The summed E-state index contributed by atoms with van der Waals surface area (Å²) in [6.07, 6.45) is 5.92. The number of methoxy groups -OCH3 is 1. The van der Waals surface area contributed by atoms with E-state index >= 15 is 0 Å². The molecule has 0 atom stereocenters. The van der Waals surface area contributed by atoms with Gasteiger partial charge in [-0.3, -0.25) is 0 Å². The number of hydrogen-bond donors (Lipinski definition) is 0. The Labute approximate surface area is 114 Å². The molecule has 0 aromatic heterocycles. The SMILES string of the molecule is COc1cc(C)c(C2(N=C=O)CCCC2)c(C)c1C. The first-order chi connectivity index (χ1) is 9.05. The predicted octanol–water partition coefficient (Wildman–Crippen LogP) is 3.73. The Morgan fingerprint density at radius 1 is 1.21 bits per heavy atom. The fraction of sp³-hybridized carbons (Fsp3) is 0.562. The zero-order valence-corrected chi connectivity index (χ0v) is 12.2. The molecule has 3 heteroatoms. The first kappa shape index (κ1) is 13.8. The molecule has 1 saturated carbocycles. The number of hydrogen-bond acceptors (Lipinski definition) is 3. The molecule has 3 nitrogen and oxygen atoms in total. The highest BCUT2D eigenvalue weighted by Crippen LogP contribution is 2.46. The van der Waals surface area contributed by atoms with Gasteiger partial charge in [0, 0.05) is 0 Å². The minimum absolute atomic E-state index is 0.354. The van der Waals surface area contributed by atoms with E-state index in [0.717, 1.165) is 42.6 Å². The summed E-state index contributed by atoms with van der Waals surface area (Å²) < 4.78 is 5.41. The summed E-state index contributed by atoms with van der Waals surface area (Å²) in [7, 11) is 1.69. The summed E-state index contributed by atoms with van der Waals surface area (Å²) in [6, 6.07) is 2.05. The van der Waals surface area contributed by atoms with Gasteiger partial charge in [-0.25, -0.2) is 4.79 Å². The average molecular weight is 259 g/mol. The van der Waals surface area contributed by atoms with Crippen molar-refractivity contribution in [3.8, 4) is 5.75 Å². The summed E-state index contributed by atoms with van der Waals surface area (Å²) >= 11 is 0. The van der Waals surface area contributed by atoms with Gasteiger partial charge in [0.1, 0.15) is 5.75 Å². The lowest BCUT2D eigenvalue weighted by Crippen LogP contribution is -2.22. The minimum Gasteiger partial charge on any atom is -0.496 e. The normalized spacial score (nSPS) is 17.1. The molecule has 0 radical (unpaired) electrons. The van der Waals surface area contributed by atoms with Crippen LogP contribution >= 0.6 is 0 Å². The molecule has 1 aromatic rings. The van der Waals surface area contributed by atoms with Crippen LogP contribution in [-0.4, -0.2) is 13.2 Å². The van der Waals surface area contributed by atoms with Crippen LogP contribution in [0.4, 0.5) is 0 Å². The van der Waals surface area contributed by atoms with E-state index in [9.17, 15) is 4.79 Å². The molecule has 0 heterocycles. The Bertz CT molecular complexity index is 536. The second-order valence-electron chi connectivity index (χ2n) is 5.46. The highest BCUT2D eigenvalue weighted by molar-refractivity contribution is 5.52. The quantitative estimate of drug-likeness (QED) is 0.613. The van der Waals surface area contributed by atoms with Crippen molar-refractivity contribution >= 4 is 6.08 Å². The zero-order chi connectivity index (χ0) is 14.0. The van der Waals surface area contributed by atoms with E-state index in [-0.39, 0.29) is 5.54 Å². The molecule has 1 fully saturated rings. The molecule has 1 aliphatic carbocycles. The van der Waals surface area contributed by atoms with E-state index in [4.69, 9.17) is 4.74 Å². The van der Waals surface area contributed by atoms with Crippen LogP contribution in [0.2, 0.25) is 0 Å². The molecule has 2 rings (SSSR count). The van der Waals surface area contributed by atoms with Crippen LogP contribution in [0.15, 0.2) is 11.1 Å². The molecule has 0 N–H and O–H groups in total. The largest absolute Gasteiger partial charge is 0.496 e. The fourth-order valence-corrected chi connectivity index (χ4v) is 3.44. The lowest BCUT2D eigenvalue weighted by Gasteiger charge is -2.28. The third-order valence-electron chi connectivity index (χ3n) is 4.42. The van der Waals surface area contributed by atoms with Crippen LogP contribution in [0, 0.1) is 20.8 Å². The van der Waals surface area contributed by atoms with Gasteiger partial charge in [-0.05, 0) is 61.9 Å². The predicted molar refractivity (Wildman–Crippen MR) is 75.5 cm³/mol. The van der Waals surface area contributed by atoms with Crippen LogP contribution in [-0.2, 0) is 10.3 Å². The summed E-state index contributed by atoms with van der Waals surface area (Å²) in [5.74, 6) is 0.905. The Hall–Kier alpha value is -1.60. The van der Waals surface area contributed by atoms with Crippen molar-refractivity contribution in [3.05, 3.63) is 28.3 Å². The van der Waals surface area contributed by atoms with E-state index in [1.165, 1.54) is 11.1 Å². The molecule has 0 amide bonds. The monoisotopic (exact) mass is 259 g/mol. The Morgan fingerprint density at radius 2 is 1.84 bits per heavy atom. The maximum Gasteiger partial charge on any atom is 0.235 e. The fourth-order valence-electron chi connectivity index (χ4n) is 3.44. The van der Waals surface area contributed by atoms with Gasteiger partial charge in [0.05, 0.1) is 12.6 Å². The molecule has 0 bridgehead atoms. The molecular weight excluding hydrogens is 238 g/mol. The molecule has 1 aromatic carbocycles. The van der Waals surface area contributed by atoms with Crippen molar-refractivity contribution in [2.45, 2.75) is 52.0 Å². The van der Waals surface area contributed by atoms with Crippen LogP contribution in [0.5, 0.6) is 5.75 Å². The standard InChI is InChI=1S/C16H21NO2/c1-11-9-14(19-4)12(2)13(3)15(11)16(17-10-18)7-5-6-8-16/h9H,5-8H2,1-4H3. The first-order valence-corrected chi connectivity index (χ1v) is 6.80. The zero-order valence-electron chi connectivity index (χ0n) is 12.2. The number of nitrogens with zero attached hydrogens (tertiary/aromatic N) is 1. The van der Waals surface area contributed by atoms with Gasteiger partial charge in [-0.15, -0.1) is 0 Å². The van der Waals surface area contributed by atoms with Gasteiger partial charge < -0.3 is 4.74 Å². The maximum absolute atomic E-state index is 10.9. The molecule has 0 spiro atoms. The van der Waals surface area contributed by atoms with Crippen molar-refractivity contribution < 1.29 is 9.53 Å². The second kappa shape index (κ2) is 5.18. The number of rotatable bonds is 3. The number of aliphatic imine (C=N–C) groups is 1. The van der Waals surface area contributed by atoms with Crippen LogP contribution in [0.25, 0.3) is 0 Å². The highest BCUT2D eigenvalue weighted by atomic mass is 16.5. The van der Waals surface area contributed by atoms with Crippen molar-refractivity contribution in [1.29, 1.82) is 0 Å². The number of benzene rings is 1. The number of ether oxygens (including phenoxy) is 1. The third kappa shape index (κ3) is 2.19. The van der Waals surface area contributed by atoms with Gasteiger partial charge in [0.25, 0.3) is 0 Å². The summed E-state index contributed by atoms with van der Waals surface area (Å²) in [5, 5.41) is 0. The van der Waals surface area contributed by atoms with E-state index in [1.807, 2.05) is 0 Å². The Kier molecular flexibility index (Phi) is 3.77. The van der Waals surface area contributed by atoms with Crippen LogP contribution in [0.3, 0.4) is 0 Å². The van der Waals surface area contributed by atoms with E-state index in [2.05, 4.69) is 31.8 Å². The summed E-state index contributed by atoms with van der Waals surface area (Å²) in [5.41, 5.74) is 4.33. The van der Waals surface area contributed by atoms with Gasteiger partial charge in [0.2, 0.25) is 6.08 Å². The van der Waals surface area contributed by atoms with E-state index in [1.54, 1.807) is 13.2 Å². The summed E-state index contributed by atoms with van der Waals surface area (Å²) in [6.45, 7) is 6.23. The van der Waals surface area contributed by atoms with Crippen molar-refractivity contribution in [3.63, 3.8) is 0 Å². The van der Waals surface area contributed by atoms with E-state index < -0.39 is 0 Å². The smallest absolute Gasteiger partial charge is 0.235 e. The number of carbonyl (C=O) groups excluding carboxylic acids is 1. The van der Waals surface area contributed by atoms with Crippen molar-refractivity contribution in [2.24, 2.45) is 4.99 Å². The van der Waals surface area contributed by atoms with Crippen molar-refractivity contribution in [1.82, 2.24) is 0 Å². The molecule has 0 unspecified atom stereocenters. The number of aryl methyl sites for hydroxylation is 1. The second-order valence-corrected chi connectivity index (χ2v) is 5.46.